The van der Waals surface area contributed by atoms with Crippen LogP contribution in [0.15, 0.2) is 40.9 Å². The molecule has 3 rings (SSSR count). The lowest BCUT2D eigenvalue weighted by molar-refractivity contribution is -0.117. The van der Waals surface area contributed by atoms with Crippen molar-refractivity contribution < 1.29 is 14.3 Å². The maximum Gasteiger partial charge on any atom is 0.232 e. The molecule has 0 fully saturated rings. The van der Waals surface area contributed by atoms with Gasteiger partial charge in [-0.2, -0.15) is 0 Å². The maximum atomic E-state index is 12.3. The Balaban J connectivity index is 1.97. The van der Waals surface area contributed by atoms with Crippen molar-refractivity contribution >= 4 is 27.5 Å². The van der Waals surface area contributed by atoms with Gasteiger partial charge in [-0.15, -0.1) is 0 Å². The average Bonchev–Trinajstić information content (AvgIpc) is 2.83. The predicted octanol–water partition coefficient (Wildman–Crippen LogP) is 3.74. The summed E-state index contributed by atoms with van der Waals surface area (Å²) in [7, 11) is 3.25. The molecule has 0 saturated heterocycles. The van der Waals surface area contributed by atoms with E-state index in [2.05, 4.69) is 21.2 Å². The van der Waals surface area contributed by atoms with Crippen LogP contribution in [0, 0.1) is 0 Å². The van der Waals surface area contributed by atoms with E-state index in [1.54, 1.807) is 14.2 Å². The van der Waals surface area contributed by atoms with Gasteiger partial charge in [0, 0.05) is 10.2 Å². The molecule has 1 heterocycles. The van der Waals surface area contributed by atoms with E-state index < -0.39 is 0 Å². The number of methoxy groups -OCH3 is 2. The van der Waals surface area contributed by atoms with Crippen LogP contribution in [0.1, 0.15) is 17.0 Å². The number of carbonyl (C=O) groups excluding carboxylic acids is 1. The van der Waals surface area contributed by atoms with Crippen molar-refractivity contribution in [2.45, 2.75) is 12.3 Å². The molecule has 1 unspecified atom stereocenters. The summed E-state index contributed by atoms with van der Waals surface area (Å²) in [5.74, 6) is 1.30. The third-order valence-electron chi connectivity index (χ3n) is 3.87. The minimum absolute atomic E-state index is 0.0120. The molecule has 0 aromatic heterocycles. The third kappa shape index (κ3) is 2.68. The van der Waals surface area contributed by atoms with Crippen molar-refractivity contribution in [2.75, 3.05) is 19.5 Å². The molecule has 1 amide bonds. The van der Waals surface area contributed by atoms with Crippen LogP contribution in [-0.2, 0) is 11.2 Å². The van der Waals surface area contributed by atoms with Gasteiger partial charge in [0.15, 0.2) is 0 Å². The summed E-state index contributed by atoms with van der Waals surface area (Å²) in [6.07, 6.45) is 0.565. The largest absolute Gasteiger partial charge is 0.497 e. The molecule has 0 spiro atoms. The van der Waals surface area contributed by atoms with Crippen molar-refractivity contribution in [3.05, 3.63) is 52.0 Å². The van der Waals surface area contributed by atoms with Gasteiger partial charge in [-0.05, 0) is 53.9 Å². The Labute approximate surface area is 137 Å². The van der Waals surface area contributed by atoms with Gasteiger partial charge < -0.3 is 14.8 Å². The highest BCUT2D eigenvalue weighted by Crippen LogP contribution is 2.38. The standard InChI is InChI=1S/C17H16BrNO3/c1-21-12-4-6-16(22-2)10(7-12)8-14-13-9-11(18)3-5-15(13)19-17(14)20/h3-7,9,14H,8H2,1-2H3,(H,19,20). The van der Waals surface area contributed by atoms with E-state index in [0.717, 1.165) is 32.8 Å². The van der Waals surface area contributed by atoms with Crippen molar-refractivity contribution in [3.63, 3.8) is 0 Å². The smallest absolute Gasteiger partial charge is 0.232 e. The summed E-state index contributed by atoms with van der Waals surface area (Å²) in [5.41, 5.74) is 2.83. The molecule has 4 nitrogen and oxygen atoms in total. The second-order valence-corrected chi connectivity index (χ2v) is 6.07. The van der Waals surface area contributed by atoms with Gasteiger partial charge in [0.25, 0.3) is 0 Å². The lowest BCUT2D eigenvalue weighted by Gasteiger charge is -2.14. The first-order valence-electron chi connectivity index (χ1n) is 6.93. The first kappa shape index (κ1) is 14.9. The first-order chi connectivity index (χ1) is 10.6. The van der Waals surface area contributed by atoms with E-state index in [-0.39, 0.29) is 11.8 Å². The Hall–Kier alpha value is -2.01. The zero-order chi connectivity index (χ0) is 15.7. The van der Waals surface area contributed by atoms with Crippen LogP contribution in [0.5, 0.6) is 11.5 Å². The Morgan fingerprint density at radius 2 is 1.95 bits per heavy atom. The summed E-state index contributed by atoms with van der Waals surface area (Å²) < 4.78 is 11.6. The van der Waals surface area contributed by atoms with Crippen molar-refractivity contribution in [1.29, 1.82) is 0 Å². The number of hydrogen-bond acceptors (Lipinski definition) is 3. The van der Waals surface area contributed by atoms with E-state index in [0.29, 0.717) is 6.42 Å². The molecule has 1 N–H and O–H groups in total. The number of ether oxygens (including phenoxy) is 2. The minimum atomic E-state index is -0.228. The van der Waals surface area contributed by atoms with Crippen LogP contribution < -0.4 is 14.8 Å². The quantitative estimate of drug-likeness (QED) is 0.901. The van der Waals surface area contributed by atoms with Gasteiger partial charge in [-0.25, -0.2) is 0 Å². The van der Waals surface area contributed by atoms with Gasteiger partial charge in [0.05, 0.1) is 20.1 Å². The highest BCUT2D eigenvalue weighted by atomic mass is 79.9. The van der Waals surface area contributed by atoms with Crippen molar-refractivity contribution in [3.8, 4) is 11.5 Å². The minimum Gasteiger partial charge on any atom is -0.497 e. The summed E-state index contributed by atoms with van der Waals surface area (Å²) in [5, 5.41) is 2.93. The lowest BCUT2D eigenvalue weighted by Crippen LogP contribution is -2.14. The predicted molar refractivity (Wildman–Crippen MR) is 88.8 cm³/mol. The summed E-state index contributed by atoms with van der Waals surface area (Å²) in [6.45, 7) is 0. The van der Waals surface area contributed by atoms with E-state index >= 15 is 0 Å². The molecule has 114 valence electrons. The molecule has 22 heavy (non-hydrogen) atoms. The number of hydrogen-bond donors (Lipinski definition) is 1. The first-order valence-corrected chi connectivity index (χ1v) is 7.73. The van der Waals surface area contributed by atoms with Crippen molar-refractivity contribution in [1.82, 2.24) is 0 Å². The van der Waals surface area contributed by atoms with Crippen LogP contribution in [0.3, 0.4) is 0 Å². The molecular formula is C17H16BrNO3. The number of benzene rings is 2. The van der Waals surface area contributed by atoms with Gasteiger partial charge >= 0.3 is 0 Å². The van der Waals surface area contributed by atoms with E-state index in [4.69, 9.17) is 9.47 Å². The number of rotatable bonds is 4. The SMILES string of the molecule is COc1ccc(OC)c(CC2C(=O)Nc3ccc(Br)cc32)c1. The molecule has 5 heteroatoms. The molecule has 1 atom stereocenters. The number of fused-ring (bicyclic) bond motifs is 1. The fourth-order valence-electron chi connectivity index (χ4n) is 2.76. The van der Waals surface area contributed by atoms with Crippen LogP contribution in [0.2, 0.25) is 0 Å². The molecule has 2 aromatic carbocycles. The van der Waals surface area contributed by atoms with Crippen molar-refractivity contribution in [2.24, 2.45) is 0 Å². The average molecular weight is 362 g/mol. The lowest BCUT2D eigenvalue weighted by atomic mass is 9.92. The topological polar surface area (TPSA) is 47.6 Å². The Morgan fingerprint density at radius 1 is 1.14 bits per heavy atom. The Bertz CT molecular complexity index is 730. The number of anilines is 1. The van der Waals surface area contributed by atoms with Gasteiger partial charge in [-0.1, -0.05) is 15.9 Å². The van der Waals surface area contributed by atoms with Crippen LogP contribution in [0.25, 0.3) is 0 Å². The Morgan fingerprint density at radius 3 is 2.68 bits per heavy atom. The monoisotopic (exact) mass is 361 g/mol. The number of nitrogens with one attached hydrogen (secondary N) is 1. The van der Waals surface area contributed by atoms with Crippen LogP contribution in [0.4, 0.5) is 5.69 Å². The maximum absolute atomic E-state index is 12.3. The molecular weight excluding hydrogens is 346 g/mol. The zero-order valence-electron chi connectivity index (χ0n) is 12.4. The molecule has 2 aromatic rings. The summed E-state index contributed by atoms with van der Waals surface area (Å²) >= 11 is 3.46. The normalized spacial score (nSPS) is 16.1. The highest BCUT2D eigenvalue weighted by molar-refractivity contribution is 9.10. The zero-order valence-corrected chi connectivity index (χ0v) is 13.9. The molecule has 0 aliphatic carbocycles. The second kappa shape index (κ2) is 6.01. The van der Waals surface area contributed by atoms with E-state index in [1.807, 2.05) is 36.4 Å². The number of amides is 1. The van der Waals surface area contributed by atoms with Gasteiger partial charge in [0.2, 0.25) is 5.91 Å². The highest BCUT2D eigenvalue weighted by Gasteiger charge is 2.31. The molecule has 1 aliphatic heterocycles. The molecule has 0 saturated carbocycles. The molecule has 1 aliphatic rings. The molecule has 0 bridgehead atoms. The van der Waals surface area contributed by atoms with E-state index in [9.17, 15) is 4.79 Å². The van der Waals surface area contributed by atoms with Crippen LogP contribution >= 0.6 is 15.9 Å². The Kier molecular flexibility index (Phi) is 4.07. The van der Waals surface area contributed by atoms with E-state index in [1.165, 1.54) is 0 Å². The summed E-state index contributed by atoms with van der Waals surface area (Å²) in [6, 6.07) is 11.5. The fraction of sp³-hybridized carbons (Fsp3) is 0.235. The van der Waals surface area contributed by atoms with Gasteiger partial charge in [0.1, 0.15) is 11.5 Å². The number of halogens is 1. The molecule has 0 radical (unpaired) electrons. The second-order valence-electron chi connectivity index (χ2n) is 5.16. The number of carbonyl (C=O) groups is 1. The fourth-order valence-corrected chi connectivity index (χ4v) is 3.14. The van der Waals surface area contributed by atoms with Crippen LogP contribution in [-0.4, -0.2) is 20.1 Å². The summed E-state index contributed by atoms with van der Waals surface area (Å²) in [4.78, 5) is 12.3. The third-order valence-corrected chi connectivity index (χ3v) is 4.37. The van der Waals surface area contributed by atoms with Gasteiger partial charge in [-0.3, -0.25) is 4.79 Å².